The van der Waals surface area contributed by atoms with Gasteiger partial charge in [0, 0.05) is 0 Å². The lowest BCUT2D eigenvalue weighted by Gasteiger charge is -2.05. The number of benzene rings is 1. The van der Waals surface area contributed by atoms with Gasteiger partial charge in [-0.15, -0.1) is 0 Å². The standard InChI is InChI=1S/C10H7ClN2O/c11-9-6-8(7-13)2-3-10(9)14-5-1-4-12/h2-3,6H,1,5H2. The Morgan fingerprint density at radius 2 is 2.14 bits per heavy atom. The van der Waals surface area contributed by atoms with E-state index >= 15 is 0 Å². The molecule has 0 aliphatic rings. The minimum absolute atomic E-state index is 0.308. The molecule has 0 radical (unpaired) electrons. The maximum absolute atomic E-state index is 8.57. The van der Waals surface area contributed by atoms with Crippen LogP contribution < -0.4 is 4.74 Å². The largest absolute Gasteiger partial charge is 0.491 e. The number of nitrogens with zero attached hydrogens (tertiary/aromatic N) is 2. The van der Waals surface area contributed by atoms with Gasteiger partial charge in [-0.2, -0.15) is 10.5 Å². The molecule has 0 amide bonds. The zero-order valence-electron chi connectivity index (χ0n) is 7.33. The lowest BCUT2D eigenvalue weighted by molar-refractivity contribution is 0.327. The molecule has 0 bridgehead atoms. The average molecular weight is 207 g/mol. The van der Waals surface area contributed by atoms with Crippen molar-refractivity contribution in [3.8, 4) is 17.9 Å². The molecule has 1 aromatic carbocycles. The van der Waals surface area contributed by atoms with E-state index in [-0.39, 0.29) is 0 Å². The highest BCUT2D eigenvalue weighted by Crippen LogP contribution is 2.25. The molecule has 0 saturated heterocycles. The summed E-state index contributed by atoms with van der Waals surface area (Å²) in [6, 6.07) is 8.70. The van der Waals surface area contributed by atoms with Crippen LogP contribution in [0.15, 0.2) is 18.2 Å². The molecule has 0 aliphatic carbocycles. The van der Waals surface area contributed by atoms with Crippen molar-refractivity contribution < 1.29 is 4.74 Å². The number of nitriles is 2. The highest BCUT2D eigenvalue weighted by atomic mass is 35.5. The first kappa shape index (κ1) is 10.4. The predicted molar refractivity (Wildman–Crippen MR) is 51.9 cm³/mol. The molecular weight excluding hydrogens is 200 g/mol. The van der Waals surface area contributed by atoms with Crippen LogP contribution in [-0.2, 0) is 0 Å². The van der Waals surface area contributed by atoms with Crippen molar-refractivity contribution in [2.45, 2.75) is 6.42 Å². The Bertz CT molecular complexity index is 404. The van der Waals surface area contributed by atoms with Crippen LogP contribution in [-0.4, -0.2) is 6.61 Å². The Morgan fingerprint density at radius 1 is 1.36 bits per heavy atom. The molecule has 0 unspecified atom stereocenters. The van der Waals surface area contributed by atoms with E-state index < -0.39 is 0 Å². The summed E-state index contributed by atoms with van der Waals surface area (Å²) in [6.45, 7) is 0.308. The summed E-state index contributed by atoms with van der Waals surface area (Å²) in [6.07, 6.45) is 0.316. The van der Waals surface area contributed by atoms with Crippen molar-refractivity contribution in [3.05, 3.63) is 28.8 Å². The Morgan fingerprint density at radius 3 is 2.71 bits per heavy atom. The van der Waals surface area contributed by atoms with E-state index in [1.54, 1.807) is 12.1 Å². The smallest absolute Gasteiger partial charge is 0.138 e. The quantitative estimate of drug-likeness (QED) is 0.714. The molecule has 3 nitrogen and oxygen atoms in total. The molecule has 0 saturated carbocycles. The lowest BCUT2D eigenvalue weighted by Crippen LogP contribution is -1.96. The van der Waals surface area contributed by atoms with Gasteiger partial charge in [-0.25, -0.2) is 0 Å². The van der Waals surface area contributed by atoms with Crippen LogP contribution in [0.4, 0.5) is 0 Å². The second-order valence-electron chi connectivity index (χ2n) is 2.51. The zero-order chi connectivity index (χ0) is 10.4. The zero-order valence-corrected chi connectivity index (χ0v) is 8.08. The molecule has 0 spiro atoms. The predicted octanol–water partition coefficient (Wildman–Crippen LogP) is 2.50. The minimum Gasteiger partial charge on any atom is -0.491 e. The van der Waals surface area contributed by atoms with Crippen LogP contribution in [0.2, 0.25) is 5.02 Å². The van der Waals surface area contributed by atoms with Gasteiger partial charge in [-0.1, -0.05) is 11.6 Å². The van der Waals surface area contributed by atoms with Crippen molar-refractivity contribution in [3.63, 3.8) is 0 Å². The van der Waals surface area contributed by atoms with Crippen molar-refractivity contribution >= 4 is 11.6 Å². The summed E-state index contributed by atoms with van der Waals surface area (Å²) in [4.78, 5) is 0. The van der Waals surface area contributed by atoms with Gasteiger partial charge in [0.25, 0.3) is 0 Å². The number of hydrogen-bond donors (Lipinski definition) is 0. The molecule has 70 valence electrons. The molecule has 0 fully saturated rings. The summed E-state index contributed by atoms with van der Waals surface area (Å²) in [5.41, 5.74) is 0.489. The van der Waals surface area contributed by atoms with Crippen molar-refractivity contribution in [2.24, 2.45) is 0 Å². The molecule has 0 aromatic heterocycles. The summed E-state index contributed by atoms with van der Waals surface area (Å²) in [5, 5.41) is 17.3. The van der Waals surface area contributed by atoms with E-state index in [9.17, 15) is 0 Å². The maximum atomic E-state index is 8.57. The van der Waals surface area contributed by atoms with E-state index in [0.29, 0.717) is 29.4 Å². The fourth-order valence-electron chi connectivity index (χ4n) is 0.894. The fraction of sp³-hybridized carbons (Fsp3) is 0.200. The van der Waals surface area contributed by atoms with Gasteiger partial charge in [0.15, 0.2) is 0 Å². The summed E-state index contributed by atoms with van der Waals surface area (Å²) < 4.78 is 5.21. The SMILES string of the molecule is N#CCCOc1ccc(C#N)cc1Cl. The van der Waals surface area contributed by atoms with Gasteiger partial charge in [-0.3, -0.25) is 0 Å². The monoisotopic (exact) mass is 206 g/mol. The van der Waals surface area contributed by atoms with Gasteiger partial charge in [-0.05, 0) is 18.2 Å². The average Bonchev–Trinajstić information content (AvgIpc) is 2.20. The first-order valence-corrected chi connectivity index (χ1v) is 4.35. The van der Waals surface area contributed by atoms with Gasteiger partial charge in [0.1, 0.15) is 12.4 Å². The second kappa shape index (κ2) is 5.11. The van der Waals surface area contributed by atoms with Crippen LogP contribution >= 0.6 is 11.6 Å². The normalized spacial score (nSPS) is 8.79. The van der Waals surface area contributed by atoms with E-state index in [1.165, 1.54) is 6.07 Å². The topological polar surface area (TPSA) is 56.8 Å². The summed E-state index contributed by atoms with van der Waals surface area (Å²) in [7, 11) is 0. The Labute approximate surface area is 87.1 Å². The van der Waals surface area contributed by atoms with Gasteiger partial charge in [0.2, 0.25) is 0 Å². The molecule has 14 heavy (non-hydrogen) atoms. The first-order valence-electron chi connectivity index (χ1n) is 3.97. The van der Waals surface area contributed by atoms with E-state index in [1.807, 2.05) is 12.1 Å². The lowest BCUT2D eigenvalue weighted by atomic mass is 10.2. The fourth-order valence-corrected chi connectivity index (χ4v) is 1.13. The number of ether oxygens (including phenoxy) is 1. The van der Waals surface area contributed by atoms with Crippen molar-refractivity contribution in [1.82, 2.24) is 0 Å². The van der Waals surface area contributed by atoms with Crippen LogP contribution in [0, 0.1) is 22.7 Å². The van der Waals surface area contributed by atoms with Crippen molar-refractivity contribution in [1.29, 1.82) is 10.5 Å². The number of halogens is 1. The maximum Gasteiger partial charge on any atom is 0.138 e. The molecule has 1 aromatic rings. The highest BCUT2D eigenvalue weighted by molar-refractivity contribution is 6.32. The second-order valence-corrected chi connectivity index (χ2v) is 2.92. The Hall–Kier alpha value is -1.71. The highest BCUT2D eigenvalue weighted by Gasteiger charge is 2.02. The summed E-state index contributed by atoms with van der Waals surface area (Å²) in [5.74, 6) is 0.501. The van der Waals surface area contributed by atoms with Crippen LogP contribution in [0.25, 0.3) is 0 Å². The van der Waals surface area contributed by atoms with Gasteiger partial charge < -0.3 is 4.74 Å². The third kappa shape index (κ3) is 2.65. The van der Waals surface area contributed by atoms with E-state index in [0.717, 1.165) is 0 Å². The molecule has 0 aliphatic heterocycles. The molecule has 1 rings (SSSR count). The third-order valence-corrected chi connectivity index (χ3v) is 1.83. The molecule has 0 heterocycles. The van der Waals surface area contributed by atoms with E-state index in [2.05, 4.69) is 0 Å². The van der Waals surface area contributed by atoms with Gasteiger partial charge >= 0.3 is 0 Å². The van der Waals surface area contributed by atoms with Crippen LogP contribution in [0.5, 0.6) is 5.75 Å². The number of hydrogen-bond acceptors (Lipinski definition) is 3. The van der Waals surface area contributed by atoms with E-state index in [4.69, 9.17) is 26.9 Å². The Balaban J connectivity index is 2.71. The number of rotatable bonds is 3. The van der Waals surface area contributed by atoms with Crippen LogP contribution in [0.1, 0.15) is 12.0 Å². The third-order valence-electron chi connectivity index (χ3n) is 1.53. The molecule has 0 N–H and O–H groups in total. The molecule has 4 heteroatoms. The van der Waals surface area contributed by atoms with Crippen LogP contribution in [0.3, 0.4) is 0 Å². The molecule has 0 atom stereocenters. The molecular formula is C10H7ClN2O. The van der Waals surface area contributed by atoms with Gasteiger partial charge in [0.05, 0.1) is 29.1 Å². The summed E-state index contributed by atoms with van der Waals surface area (Å²) >= 11 is 5.83. The minimum atomic E-state index is 0.308. The first-order chi connectivity index (χ1) is 6.77. The van der Waals surface area contributed by atoms with Crippen molar-refractivity contribution in [2.75, 3.05) is 6.61 Å². The Kier molecular flexibility index (Phi) is 3.79.